The first kappa shape index (κ1) is 16.0. The van der Waals surface area contributed by atoms with Crippen LogP contribution in [-0.2, 0) is 19.1 Å². The number of fused-ring (bicyclic) bond motifs is 2. The topological polar surface area (TPSA) is 105 Å². The first-order valence-corrected chi connectivity index (χ1v) is 7.75. The Morgan fingerprint density at radius 1 is 1.38 bits per heavy atom. The molecule has 3 amide bonds. The third-order valence-electron chi connectivity index (χ3n) is 4.04. The summed E-state index contributed by atoms with van der Waals surface area (Å²) in [5.41, 5.74) is 0.968. The van der Waals surface area contributed by atoms with Gasteiger partial charge in [0.2, 0.25) is 5.91 Å². The number of ether oxygens (including phenoxy) is 1. The summed E-state index contributed by atoms with van der Waals surface area (Å²) in [5.74, 6) is -2.38. The van der Waals surface area contributed by atoms with Crippen LogP contribution in [0.15, 0.2) is 18.2 Å². The minimum absolute atomic E-state index is 0.0946. The molecule has 0 aliphatic carbocycles. The van der Waals surface area contributed by atoms with Crippen LogP contribution >= 0.6 is 0 Å². The Kier molecular flexibility index (Phi) is 4.20. The summed E-state index contributed by atoms with van der Waals surface area (Å²) in [6.45, 7) is 2.22. The van der Waals surface area contributed by atoms with Gasteiger partial charge >= 0.3 is 11.9 Å². The Morgan fingerprint density at radius 2 is 2.17 bits per heavy atom. The van der Waals surface area contributed by atoms with Crippen molar-refractivity contribution >= 4 is 35.1 Å². The van der Waals surface area contributed by atoms with E-state index in [1.165, 1.54) is 23.1 Å². The van der Waals surface area contributed by atoms with Crippen LogP contribution in [0.5, 0.6) is 0 Å². The molecule has 8 heteroatoms. The van der Waals surface area contributed by atoms with Gasteiger partial charge in [0.25, 0.3) is 5.91 Å². The molecule has 0 radical (unpaired) electrons. The number of esters is 1. The highest BCUT2D eigenvalue weighted by Gasteiger charge is 2.38. The number of hydrogen-bond acceptors (Lipinski definition) is 5. The van der Waals surface area contributed by atoms with Crippen molar-refractivity contribution in [1.82, 2.24) is 4.90 Å². The molecule has 8 nitrogen and oxygen atoms in total. The molecule has 1 fully saturated rings. The second-order valence-electron chi connectivity index (χ2n) is 5.58. The van der Waals surface area contributed by atoms with Gasteiger partial charge in [0.05, 0.1) is 17.9 Å². The van der Waals surface area contributed by atoms with Crippen LogP contribution < -0.4 is 10.6 Å². The fourth-order valence-electron chi connectivity index (χ4n) is 2.94. The van der Waals surface area contributed by atoms with Crippen molar-refractivity contribution in [2.75, 3.05) is 23.8 Å². The van der Waals surface area contributed by atoms with Gasteiger partial charge in [-0.25, -0.2) is 4.79 Å². The zero-order valence-corrected chi connectivity index (χ0v) is 13.1. The molecule has 0 saturated carbocycles. The van der Waals surface area contributed by atoms with Crippen molar-refractivity contribution < 1.29 is 23.9 Å². The van der Waals surface area contributed by atoms with Crippen molar-refractivity contribution in [3.63, 3.8) is 0 Å². The van der Waals surface area contributed by atoms with Gasteiger partial charge in [-0.1, -0.05) is 0 Å². The lowest BCUT2D eigenvalue weighted by Crippen LogP contribution is -2.40. The van der Waals surface area contributed by atoms with Gasteiger partial charge in [0.15, 0.2) is 0 Å². The van der Waals surface area contributed by atoms with Crippen LogP contribution in [0.25, 0.3) is 0 Å². The third kappa shape index (κ3) is 2.82. The molecule has 3 rings (SSSR count). The molecule has 2 aliphatic rings. The van der Waals surface area contributed by atoms with E-state index >= 15 is 0 Å². The predicted molar refractivity (Wildman–Crippen MR) is 84.4 cm³/mol. The standard InChI is InChI=1S/C16H17N3O5/c1-2-24-16(23)14(21)17-9-5-6-11-10(8-9)15(22)19-7-3-4-12(19)13(20)18-11/h5-6,8,12H,2-4,7H2,1H3,(H,17,21)(H,18,20)/t12-/m0/s1. The molecule has 24 heavy (non-hydrogen) atoms. The summed E-state index contributed by atoms with van der Waals surface area (Å²) >= 11 is 0. The fourth-order valence-corrected chi connectivity index (χ4v) is 2.94. The summed E-state index contributed by atoms with van der Waals surface area (Å²) in [4.78, 5) is 49.5. The molecule has 1 aromatic rings. The van der Waals surface area contributed by atoms with E-state index in [1.54, 1.807) is 6.92 Å². The summed E-state index contributed by atoms with van der Waals surface area (Å²) in [6, 6.07) is 4.05. The third-order valence-corrected chi connectivity index (χ3v) is 4.04. The summed E-state index contributed by atoms with van der Waals surface area (Å²) in [7, 11) is 0. The van der Waals surface area contributed by atoms with Crippen LogP contribution in [0.1, 0.15) is 30.1 Å². The van der Waals surface area contributed by atoms with E-state index in [-0.39, 0.29) is 29.7 Å². The van der Waals surface area contributed by atoms with Crippen molar-refractivity contribution in [3.8, 4) is 0 Å². The highest BCUT2D eigenvalue weighted by molar-refractivity contribution is 6.37. The number of rotatable bonds is 2. The van der Waals surface area contributed by atoms with E-state index in [0.717, 1.165) is 6.42 Å². The number of carbonyl (C=O) groups excluding carboxylic acids is 4. The molecule has 2 heterocycles. The second kappa shape index (κ2) is 6.31. The van der Waals surface area contributed by atoms with Crippen molar-refractivity contribution in [1.29, 1.82) is 0 Å². The molecule has 126 valence electrons. The summed E-state index contributed by atoms with van der Waals surface area (Å²) < 4.78 is 4.62. The van der Waals surface area contributed by atoms with E-state index in [9.17, 15) is 19.2 Å². The molecule has 0 aromatic heterocycles. The van der Waals surface area contributed by atoms with Gasteiger partial charge in [-0.05, 0) is 38.0 Å². The van der Waals surface area contributed by atoms with Gasteiger partial charge in [-0.3, -0.25) is 14.4 Å². The predicted octanol–water partition coefficient (Wildman–Crippen LogP) is 0.745. The molecule has 0 unspecified atom stereocenters. The molecule has 2 aliphatic heterocycles. The number of nitrogens with zero attached hydrogens (tertiary/aromatic N) is 1. The van der Waals surface area contributed by atoms with Crippen molar-refractivity contribution in [2.45, 2.75) is 25.8 Å². The molecule has 2 N–H and O–H groups in total. The first-order chi connectivity index (χ1) is 11.5. The normalized spacial score (nSPS) is 19.0. The zero-order chi connectivity index (χ0) is 17.3. The quantitative estimate of drug-likeness (QED) is 0.614. The van der Waals surface area contributed by atoms with E-state index in [4.69, 9.17) is 0 Å². The van der Waals surface area contributed by atoms with E-state index in [2.05, 4.69) is 15.4 Å². The van der Waals surface area contributed by atoms with Crippen LogP contribution in [0, 0.1) is 0 Å². The van der Waals surface area contributed by atoms with E-state index < -0.39 is 17.9 Å². The van der Waals surface area contributed by atoms with Crippen molar-refractivity contribution in [2.24, 2.45) is 0 Å². The average molecular weight is 331 g/mol. The van der Waals surface area contributed by atoms with Crippen LogP contribution in [0.2, 0.25) is 0 Å². The Balaban J connectivity index is 1.86. The number of hydrogen-bond donors (Lipinski definition) is 2. The number of carbonyl (C=O) groups is 4. The Morgan fingerprint density at radius 3 is 2.92 bits per heavy atom. The maximum atomic E-state index is 12.7. The van der Waals surface area contributed by atoms with Gasteiger partial charge in [-0.2, -0.15) is 0 Å². The molecule has 1 aromatic carbocycles. The first-order valence-electron chi connectivity index (χ1n) is 7.75. The van der Waals surface area contributed by atoms with Crippen molar-refractivity contribution in [3.05, 3.63) is 23.8 Å². The summed E-state index contributed by atoms with van der Waals surface area (Å²) in [5, 5.41) is 5.13. The molecular weight excluding hydrogens is 314 g/mol. The van der Waals surface area contributed by atoms with Gasteiger partial charge in [-0.15, -0.1) is 0 Å². The van der Waals surface area contributed by atoms with Gasteiger partial charge in [0, 0.05) is 12.2 Å². The lowest BCUT2D eigenvalue weighted by molar-refractivity contribution is -0.152. The minimum atomic E-state index is -0.994. The molecule has 1 saturated heterocycles. The monoisotopic (exact) mass is 331 g/mol. The lowest BCUT2D eigenvalue weighted by Gasteiger charge is -2.20. The molecule has 0 spiro atoms. The maximum absolute atomic E-state index is 12.7. The largest absolute Gasteiger partial charge is 0.459 e. The fraction of sp³-hybridized carbons (Fsp3) is 0.375. The smallest absolute Gasteiger partial charge is 0.397 e. The number of amides is 3. The Hall–Kier alpha value is -2.90. The van der Waals surface area contributed by atoms with Crippen LogP contribution in [0.3, 0.4) is 0 Å². The second-order valence-corrected chi connectivity index (χ2v) is 5.58. The van der Waals surface area contributed by atoms with E-state index in [1.807, 2.05) is 0 Å². The average Bonchev–Trinajstić information content (AvgIpc) is 3.02. The molecule has 0 bridgehead atoms. The number of nitrogens with one attached hydrogen (secondary N) is 2. The minimum Gasteiger partial charge on any atom is -0.459 e. The van der Waals surface area contributed by atoms with E-state index in [0.29, 0.717) is 18.7 Å². The van der Waals surface area contributed by atoms with Gasteiger partial charge in [0.1, 0.15) is 6.04 Å². The highest BCUT2D eigenvalue weighted by atomic mass is 16.5. The molecular formula is C16H17N3O5. The highest BCUT2D eigenvalue weighted by Crippen LogP contribution is 2.30. The summed E-state index contributed by atoms with van der Waals surface area (Å²) in [6.07, 6.45) is 1.41. The Bertz CT molecular complexity index is 730. The Labute approximate surface area is 138 Å². The SMILES string of the molecule is CCOC(=O)C(=O)Nc1ccc2c(c1)C(=O)N1CCC[C@H]1C(=O)N2. The number of benzene rings is 1. The number of anilines is 2. The molecule has 1 atom stereocenters. The lowest BCUT2D eigenvalue weighted by atomic mass is 10.1. The van der Waals surface area contributed by atoms with Crippen LogP contribution in [0.4, 0.5) is 11.4 Å². The maximum Gasteiger partial charge on any atom is 0.397 e. The van der Waals surface area contributed by atoms with Crippen LogP contribution in [-0.4, -0.2) is 47.8 Å². The van der Waals surface area contributed by atoms with Gasteiger partial charge < -0.3 is 20.3 Å². The zero-order valence-electron chi connectivity index (χ0n) is 13.1.